The molecule has 3 nitrogen and oxygen atoms in total. The number of ether oxygens (including phenoxy) is 1. The highest BCUT2D eigenvalue weighted by molar-refractivity contribution is 5.92. The lowest BCUT2D eigenvalue weighted by molar-refractivity contribution is -0.163. The van der Waals surface area contributed by atoms with Crippen molar-refractivity contribution in [1.29, 1.82) is 0 Å². The minimum atomic E-state index is -0.685. The molecule has 5 heteroatoms. The minimum absolute atomic E-state index is 0.140. The SMILES string of the molecule is CC(C)C(C(=O)OC(=O)C(c1ccc(F)cc1)C(C)C)c1ccc(F)cc1. The van der Waals surface area contributed by atoms with E-state index in [9.17, 15) is 18.4 Å². The molecule has 27 heavy (non-hydrogen) atoms. The van der Waals surface area contributed by atoms with Crippen molar-refractivity contribution in [1.82, 2.24) is 0 Å². The standard InChI is InChI=1S/C22H24F2O3/c1-13(2)19(15-5-9-17(23)10-6-15)21(25)27-22(26)20(14(3)4)16-7-11-18(24)12-8-16/h5-14,19-20H,1-4H3. The van der Waals surface area contributed by atoms with Gasteiger partial charge in [0.15, 0.2) is 0 Å². The van der Waals surface area contributed by atoms with Crippen molar-refractivity contribution < 1.29 is 23.1 Å². The van der Waals surface area contributed by atoms with Gasteiger partial charge in [-0.2, -0.15) is 0 Å². The highest BCUT2D eigenvalue weighted by Crippen LogP contribution is 2.30. The lowest BCUT2D eigenvalue weighted by atomic mass is 9.87. The molecule has 0 heterocycles. The van der Waals surface area contributed by atoms with Gasteiger partial charge in [0.1, 0.15) is 11.6 Å². The predicted octanol–water partition coefficient (Wildman–Crippen LogP) is 5.21. The molecule has 0 saturated carbocycles. The first-order chi connectivity index (χ1) is 12.7. The van der Waals surface area contributed by atoms with Gasteiger partial charge in [-0.25, -0.2) is 8.78 Å². The lowest BCUT2D eigenvalue weighted by Gasteiger charge is -2.23. The number of esters is 2. The van der Waals surface area contributed by atoms with Crippen LogP contribution in [0.1, 0.15) is 50.7 Å². The molecule has 0 aromatic heterocycles. The molecule has 0 bridgehead atoms. The third-order valence-corrected chi connectivity index (χ3v) is 4.50. The Bertz CT molecular complexity index is 713. The number of rotatable bonds is 6. The zero-order chi connectivity index (χ0) is 20.1. The Labute approximate surface area is 158 Å². The van der Waals surface area contributed by atoms with E-state index in [1.165, 1.54) is 48.5 Å². The highest BCUT2D eigenvalue weighted by atomic mass is 19.1. The molecule has 2 unspecified atom stereocenters. The summed E-state index contributed by atoms with van der Waals surface area (Å²) in [4.78, 5) is 25.4. The van der Waals surface area contributed by atoms with Gasteiger partial charge in [-0.3, -0.25) is 9.59 Å². The molecule has 2 rings (SSSR count). The molecule has 0 fully saturated rings. The molecule has 0 aliphatic heterocycles. The van der Waals surface area contributed by atoms with Crippen LogP contribution in [0.25, 0.3) is 0 Å². The van der Waals surface area contributed by atoms with Gasteiger partial charge in [0.05, 0.1) is 11.8 Å². The van der Waals surface area contributed by atoms with E-state index in [1.807, 2.05) is 27.7 Å². The average Bonchev–Trinajstić information content (AvgIpc) is 2.58. The molecule has 0 spiro atoms. The van der Waals surface area contributed by atoms with Gasteiger partial charge in [-0.1, -0.05) is 52.0 Å². The molecule has 2 aromatic rings. The quantitative estimate of drug-likeness (QED) is 0.515. The van der Waals surface area contributed by atoms with E-state index in [0.717, 1.165) is 0 Å². The monoisotopic (exact) mass is 374 g/mol. The second kappa shape index (κ2) is 8.89. The van der Waals surface area contributed by atoms with Crippen LogP contribution in [-0.2, 0) is 14.3 Å². The first-order valence-corrected chi connectivity index (χ1v) is 8.97. The fraction of sp³-hybridized carbons (Fsp3) is 0.364. The first-order valence-electron chi connectivity index (χ1n) is 8.97. The van der Waals surface area contributed by atoms with E-state index >= 15 is 0 Å². The fourth-order valence-corrected chi connectivity index (χ4v) is 3.15. The predicted molar refractivity (Wildman–Crippen MR) is 99.1 cm³/mol. The third-order valence-electron chi connectivity index (χ3n) is 4.50. The van der Waals surface area contributed by atoms with Crippen molar-refractivity contribution in [2.75, 3.05) is 0 Å². The van der Waals surface area contributed by atoms with E-state index < -0.39 is 35.4 Å². The number of hydrogen-bond donors (Lipinski definition) is 0. The van der Waals surface area contributed by atoms with Gasteiger partial charge in [0.2, 0.25) is 0 Å². The van der Waals surface area contributed by atoms with Crippen molar-refractivity contribution in [3.8, 4) is 0 Å². The van der Waals surface area contributed by atoms with E-state index in [2.05, 4.69) is 0 Å². The molecule has 0 aliphatic rings. The molecule has 2 atom stereocenters. The van der Waals surface area contributed by atoms with Gasteiger partial charge in [0.25, 0.3) is 0 Å². The van der Waals surface area contributed by atoms with E-state index in [4.69, 9.17) is 4.74 Å². The average molecular weight is 374 g/mol. The van der Waals surface area contributed by atoms with Crippen LogP contribution in [0.15, 0.2) is 48.5 Å². The summed E-state index contributed by atoms with van der Waals surface area (Å²) in [5.41, 5.74) is 1.18. The maximum atomic E-state index is 13.2. The van der Waals surface area contributed by atoms with E-state index in [-0.39, 0.29) is 11.8 Å². The fourth-order valence-electron chi connectivity index (χ4n) is 3.15. The zero-order valence-electron chi connectivity index (χ0n) is 15.9. The zero-order valence-corrected chi connectivity index (χ0v) is 15.9. The Balaban J connectivity index is 2.23. The number of carbonyl (C=O) groups is 2. The number of carbonyl (C=O) groups excluding carboxylic acids is 2. The van der Waals surface area contributed by atoms with Crippen molar-refractivity contribution in [2.45, 2.75) is 39.5 Å². The Kier molecular flexibility index (Phi) is 6.83. The van der Waals surface area contributed by atoms with Crippen LogP contribution in [0.2, 0.25) is 0 Å². The molecule has 0 aliphatic carbocycles. The summed E-state index contributed by atoms with van der Waals surface area (Å²) in [7, 11) is 0. The summed E-state index contributed by atoms with van der Waals surface area (Å²) in [6, 6.07) is 11.2. The summed E-state index contributed by atoms with van der Waals surface area (Å²) in [5, 5.41) is 0. The largest absolute Gasteiger partial charge is 0.392 e. The van der Waals surface area contributed by atoms with Gasteiger partial charge < -0.3 is 4.74 Å². The van der Waals surface area contributed by atoms with E-state index in [1.54, 1.807) is 0 Å². The third kappa shape index (κ3) is 5.22. The van der Waals surface area contributed by atoms with Crippen molar-refractivity contribution in [3.63, 3.8) is 0 Å². The number of hydrogen-bond acceptors (Lipinski definition) is 3. The van der Waals surface area contributed by atoms with Crippen molar-refractivity contribution >= 4 is 11.9 Å². The van der Waals surface area contributed by atoms with Gasteiger partial charge in [0, 0.05) is 0 Å². The van der Waals surface area contributed by atoms with Crippen molar-refractivity contribution in [3.05, 3.63) is 71.3 Å². The highest BCUT2D eigenvalue weighted by Gasteiger charge is 2.32. The van der Waals surface area contributed by atoms with Crippen LogP contribution < -0.4 is 0 Å². The second-order valence-electron chi connectivity index (χ2n) is 7.29. The molecule has 0 N–H and O–H groups in total. The molecular formula is C22H24F2O3. The number of halogens is 2. The maximum absolute atomic E-state index is 13.2. The van der Waals surface area contributed by atoms with E-state index in [0.29, 0.717) is 11.1 Å². The van der Waals surface area contributed by atoms with Crippen LogP contribution >= 0.6 is 0 Å². The molecule has 2 aromatic carbocycles. The smallest absolute Gasteiger partial charge is 0.321 e. The van der Waals surface area contributed by atoms with Gasteiger partial charge in [-0.05, 0) is 47.2 Å². The molecule has 0 saturated heterocycles. The van der Waals surface area contributed by atoms with Gasteiger partial charge in [-0.15, -0.1) is 0 Å². The van der Waals surface area contributed by atoms with Crippen LogP contribution in [0, 0.1) is 23.5 Å². The minimum Gasteiger partial charge on any atom is -0.392 e. The van der Waals surface area contributed by atoms with Crippen LogP contribution in [0.4, 0.5) is 8.78 Å². The Morgan fingerprint density at radius 2 is 0.963 bits per heavy atom. The molecule has 0 radical (unpaired) electrons. The Morgan fingerprint density at radius 1 is 0.667 bits per heavy atom. The first kappa shape index (κ1) is 20.7. The molecule has 144 valence electrons. The van der Waals surface area contributed by atoms with Gasteiger partial charge >= 0.3 is 11.9 Å². The summed E-state index contributed by atoms with van der Waals surface area (Å²) >= 11 is 0. The summed E-state index contributed by atoms with van der Waals surface area (Å²) in [5.74, 6) is -3.79. The Morgan fingerprint density at radius 3 is 1.22 bits per heavy atom. The molecule has 0 amide bonds. The second-order valence-corrected chi connectivity index (χ2v) is 7.29. The van der Waals surface area contributed by atoms with Crippen molar-refractivity contribution in [2.24, 2.45) is 11.8 Å². The lowest BCUT2D eigenvalue weighted by Crippen LogP contribution is -2.28. The maximum Gasteiger partial charge on any atom is 0.321 e. The van der Waals surface area contributed by atoms with Crippen LogP contribution in [0.3, 0.4) is 0 Å². The normalized spacial score (nSPS) is 13.5. The number of benzene rings is 2. The van der Waals surface area contributed by atoms with Crippen LogP contribution in [0.5, 0.6) is 0 Å². The van der Waals surface area contributed by atoms with Crippen LogP contribution in [-0.4, -0.2) is 11.9 Å². The summed E-state index contributed by atoms with van der Waals surface area (Å²) < 4.78 is 31.6. The summed E-state index contributed by atoms with van der Waals surface area (Å²) in [6.07, 6.45) is 0. The Hall–Kier alpha value is -2.56. The summed E-state index contributed by atoms with van der Waals surface area (Å²) in [6.45, 7) is 7.33. The topological polar surface area (TPSA) is 43.4 Å². The molecular weight excluding hydrogens is 350 g/mol.